The Balaban J connectivity index is 0. The zero-order valence-electron chi connectivity index (χ0n) is 13.6. The normalized spacial score (nSPS) is 8.32. The second kappa shape index (κ2) is 13.8. The van der Waals surface area contributed by atoms with E-state index in [1.165, 1.54) is 0 Å². The van der Waals surface area contributed by atoms with Crippen molar-refractivity contribution in [2.75, 3.05) is 0 Å². The summed E-state index contributed by atoms with van der Waals surface area (Å²) in [4.78, 5) is 16.5. The third-order valence-corrected chi connectivity index (χ3v) is 2.92. The molecule has 0 aliphatic carbocycles. The van der Waals surface area contributed by atoms with E-state index in [1.807, 2.05) is 60.7 Å². The van der Waals surface area contributed by atoms with E-state index in [4.69, 9.17) is 15.6 Å². The van der Waals surface area contributed by atoms with Crippen LogP contribution in [0.1, 0.15) is 0 Å². The van der Waals surface area contributed by atoms with Crippen molar-refractivity contribution in [2.24, 2.45) is 0 Å². The van der Waals surface area contributed by atoms with Crippen LogP contribution < -0.4 is 0 Å². The van der Waals surface area contributed by atoms with Crippen LogP contribution in [-0.2, 0) is 58.6 Å². The number of aliphatic hydroxyl groups excluding tert-OH is 1. The van der Waals surface area contributed by atoms with Crippen molar-refractivity contribution in [3.8, 4) is 22.4 Å². The second-order valence-electron chi connectivity index (χ2n) is 4.28. The minimum atomic E-state index is 0. The molecule has 0 aliphatic rings. The summed E-state index contributed by atoms with van der Waals surface area (Å²) in [7, 11) is 0. The van der Waals surface area contributed by atoms with Gasteiger partial charge in [-0.05, 0) is 22.9 Å². The zero-order chi connectivity index (χ0) is 15.8. The molecule has 0 fully saturated rings. The van der Waals surface area contributed by atoms with E-state index >= 15 is 0 Å². The molecule has 1 radical (unpaired) electrons. The molecule has 0 amide bonds. The van der Waals surface area contributed by atoms with Gasteiger partial charge in [-0.1, -0.05) is 67.1 Å². The Morgan fingerprint density at radius 3 is 1.84 bits per heavy atom. The number of nitrogens with one attached hydrogen (secondary N) is 1. The van der Waals surface area contributed by atoms with Crippen molar-refractivity contribution in [2.45, 2.75) is 0 Å². The first kappa shape index (κ1) is 25.8. The van der Waals surface area contributed by atoms with Crippen LogP contribution in [0.5, 0.6) is 0 Å². The Hall–Kier alpha value is -1.42. The molecule has 0 saturated heterocycles. The first-order valence-corrected chi connectivity index (χ1v) is 6.47. The average molecular weight is 579 g/mol. The van der Waals surface area contributed by atoms with Crippen molar-refractivity contribution in [3.05, 3.63) is 80.0 Å². The number of rotatable bonds is 2. The summed E-state index contributed by atoms with van der Waals surface area (Å²) < 4.78 is 0. The molecule has 0 saturated carbocycles. The summed E-state index contributed by atoms with van der Waals surface area (Å²) in [6.45, 7) is 0.500. The summed E-state index contributed by atoms with van der Waals surface area (Å²) in [5, 5.41) is 6.76. The smallest absolute Gasteiger partial charge is 0.665 e. The van der Waals surface area contributed by atoms with Gasteiger partial charge in [-0.25, -0.2) is 0 Å². The molecule has 0 spiro atoms. The quantitative estimate of drug-likeness (QED) is 0.452. The summed E-state index contributed by atoms with van der Waals surface area (Å²) in [6.07, 6.45) is 1.72. The predicted molar refractivity (Wildman–Crippen MR) is 91.6 cm³/mol. The molecule has 1 aromatic heterocycles. The van der Waals surface area contributed by atoms with Crippen molar-refractivity contribution < 1.29 is 63.7 Å². The van der Waals surface area contributed by atoms with Crippen LogP contribution in [0.3, 0.4) is 0 Å². The number of aromatic nitrogens is 2. The number of nitrogens with zero attached hydrogens (tertiary/aromatic N) is 2. The largest absolute Gasteiger partial charge is 2.00 e. The van der Waals surface area contributed by atoms with Crippen LogP contribution in [0.4, 0.5) is 5.95 Å². The third kappa shape index (κ3) is 7.56. The van der Waals surface area contributed by atoms with E-state index in [-0.39, 0.29) is 67.1 Å². The number of benzene rings is 2. The topological polar surface area (TPSA) is 86.9 Å². The molecule has 125 valence electrons. The molecule has 5 nitrogen and oxygen atoms in total. The van der Waals surface area contributed by atoms with Crippen LogP contribution in [0.2, 0.25) is 0 Å². The molecular formula is C18H16N3O2WY-. The van der Waals surface area contributed by atoms with Crippen LogP contribution in [0.15, 0.2) is 66.9 Å². The first-order chi connectivity index (χ1) is 10.8. The Bertz CT molecular complexity index is 744. The molecule has 0 atom stereocenters. The van der Waals surface area contributed by atoms with Crippen LogP contribution in [-0.4, -0.2) is 21.5 Å². The van der Waals surface area contributed by atoms with E-state index in [0.717, 1.165) is 22.4 Å². The van der Waals surface area contributed by atoms with Crippen molar-refractivity contribution in [1.29, 1.82) is 0 Å². The Morgan fingerprint density at radius 1 is 0.920 bits per heavy atom. The molecule has 2 aromatic carbocycles. The molecule has 3 aromatic rings. The number of hydrogen-bond donors (Lipinski definition) is 1. The predicted octanol–water partition coefficient (Wildman–Crippen LogP) is 4.55. The molecule has 0 bridgehead atoms. The van der Waals surface area contributed by atoms with Gasteiger partial charge in [0, 0.05) is 44.4 Å². The van der Waals surface area contributed by atoms with E-state index < -0.39 is 0 Å². The summed E-state index contributed by atoms with van der Waals surface area (Å²) in [5.74, 6) is 0.0403. The molecule has 2 N–H and O–H groups in total. The first-order valence-electron chi connectivity index (χ1n) is 6.47. The van der Waals surface area contributed by atoms with Crippen molar-refractivity contribution >= 4 is 12.4 Å². The average Bonchev–Trinajstić information content (AvgIpc) is 2.57. The summed E-state index contributed by atoms with van der Waals surface area (Å²) in [6, 6.07) is 19.9. The van der Waals surface area contributed by atoms with Gasteiger partial charge in [0.25, 0.3) is 0 Å². The minimum absolute atomic E-state index is 0. The standard InChI is InChI=1S/C16H12N3.CHO2.CH3.W.Y/c17-16-18-11-14(12-7-3-1-4-8-12)15(19-16)13-9-5-2-6-10-13;2-1-3;;;/h1-11H,(H-,17,18,19);(H,2,3);1H3;;/q3*-1;+2;. The zero-order valence-corrected chi connectivity index (χ0v) is 19.4. The maximum atomic E-state index is 8.24. The second-order valence-corrected chi connectivity index (χ2v) is 4.28. The molecule has 1 heterocycles. The van der Waals surface area contributed by atoms with Crippen LogP contribution >= 0.6 is 0 Å². The number of hydrogen-bond acceptors (Lipinski definition) is 3. The van der Waals surface area contributed by atoms with Gasteiger partial charge in [0.05, 0.1) is 0 Å². The Kier molecular flexibility index (Phi) is 14.3. The Morgan fingerprint density at radius 2 is 1.36 bits per heavy atom. The molecule has 25 heavy (non-hydrogen) atoms. The van der Waals surface area contributed by atoms with Gasteiger partial charge < -0.3 is 33.0 Å². The molecular weight excluding hydrogens is 563 g/mol. The summed E-state index contributed by atoms with van der Waals surface area (Å²) >= 11 is 0. The van der Waals surface area contributed by atoms with E-state index in [0.29, 0.717) is 6.47 Å². The fourth-order valence-corrected chi connectivity index (χ4v) is 2.03. The van der Waals surface area contributed by atoms with Gasteiger partial charge in [0.15, 0.2) is 0 Å². The van der Waals surface area contributed by atoms with E-state index in [2.05, 4.69) is 9.97 Å². The molecule has 7 heteroatoms. The van der Waals surface area contributed by atoms with Gasteiger partial charge in [-0.2, -0.15) is 0 Å². The Labute approximate surface area is 187 Å². The fourth-order valence-electron chi connectivity index (χ4n) is 2.03. The van der Waals surface area contributed by atoms with Crippen molar-refractivity contribution in [1.82, 2.24) is 9.97 Å². The molecule has 0 aliphatic heterocycles. The van der Waals surface area contributed by atoms with E-state index in [1.54, 1.807) is 6.20 Å². The van der Waals surface area contributed by atoms with Gasteiger partial charge in [0.1, 0.15) is 0 Å². The van der Waals surface area contributed by atoms with Gasteiger partial charge >= 0.3 is 21.1 Å². The monoisotopic (exact) mass is 579 g/mol. The summed E-state index contributed by atoms with van der Waals surface area (Å²) in [5.41, 5.74) is 11.4. The van der Waals surface area contributed by atoms with Gasteiger partial charge in [0.2, 0.25) is 0 Å². The maximum absolute atomic E-state index is 8.24. The van der Waals surface area contributed by atoms with Crippen LogP contribution in [0.25, 0.3) is 28.1 Å². The molecule has 0 unspecified atom stereocenters. The van der Waals surface area contributed by atoms with Gasteiger partial charge in [-0.3, -0.25) is 0 Å². The van der Waals surface area contributed by atoms with Crippen LogP contribution in [0, 0.1) is 7.43 Å². The fraction of sp³-hybridized carbons (Fsp3) is 0. The van der Waals surface area contributed by atoms with E-state index in [9.17, 15) is 0 Å². The molecule has 3 rings (SSSR count). The van der Waals surface area contributed by atoms with Crippen molar-refractivity contribution in [3.63, 3.8) is 0 Å². The maximum Gasteiger partial charge on any atom is 2.00 e. The SMILES string of the molecule is O=[C-]O.[CH3-].[NH-]c1ncc(-c2ccccc2)c(-c2ccccc2)n1.[W+2].[Y]. The minimum Gasteiger partial charge on any atom is -0.665 e. The van der Waals surface area contributed by atoms with Gasteiger partial charge in [-0.15, -0.1) is 0 Å². The third-order valence-electron chi connectivity index (χ3n) is 2.92.